The Morgan fingerprint density at radius 2 is 1.85 bits per heavy atom. The number of amides is 1. The van der Waals surface area contributed by atoms with Gasteiger partial charge >= 0.3 is 0 Å². The molecule has 3 N–H and O–H groups in total. The first-order valence-corrected chi connectivity index (χ1v) is 8.64. The molecule has 10 heteroatoms. The summed E-state index contributed by atoms with van der Waals surface area (Å²) in [4.78, 5) is 9.61. The molecular formula is C10H13FN2O5S2. The molecule has 0 spiro atoms. The van der Waals surface area contributed by atoms with Crippen molar-refractivity contribution in [2.24, 2.45) is 5.73 Å². The van der Waals surface area contributed by atoms with Gasteiger partial charge in [-0.1, -0.05) is 0 Å². The molecule has 0 aliphatic rings. The first kappa shape index (κ1) is 16.5. The van der Waals surface area contributed by atoms with Crippen molar-refractivity contribution in [1.29, 1.82) is 0 Å². The number of nitrogens with one attached hydrogen (secondary N) is 1. The predicted octanol–water partition coefficient (Wildman–Crippen LogP) is -0.619. The number of carbonyl (C=O) groups excluding carboxylic acids is 1. The second kappa shape index (κ2) is 5.46. The van der Waals surface area contributed by atoms with Crippen molar-refractivity contribution in [2.45, 2.75) is 22.8 Å². The molecule has 0 unspecified atom stereocenters. The fraction of sp³-hybridized carbons (Fsp3) is 0.300. The summed E-state index contributed by atoms with van der Waals surface area (Å²) in [5.74, 6) is -1.96. The lowest BCUT2D eigenvalue weighted by Gasteiger charge is -2.11. The number of hydrogen-bond donors (Lipinski definition) is 2. The van der Waals surface area contributed by atoms with Crippen molar-refractivity contribution in [3.63, 3.8) is 0 Å². The minimum absolute atomic E-state index is 0.479. The van der Waals surface area contributed by atoms with E-state index in [1.807, 2.05) is 4.72 Å². The zero-order valence-electron chi connectivity index (χ0n) is 10.6. The number of carbonyl (C=O) groups is 1. The molecule has 0 saturated heterocycles. The van der Waals surface area contributed by atoms with Gasteiger partial charge in [0.25, 0.3) is 0 Å². The number of benzene rings is 1. The average molecular weight is 324 g/mol. The van der Waals surface area contributed by atoms with Gasteiger partial charge < -0.3 is 5.73 Å². The Hall–Kier alpha value is -1.52. The van der Waals surface area contributed by atoms with Crippen LogP contribution in [0.1, 0.15) is 6.92 Å². The second-order valence-electron chi connectivity index (χ2n) is 4.11. The van der Waals surface area contributed by atoms with E-state index in [1.54, 1.807) is 0 Å². The van der Waals surface area contributed by atoms with Crippen molar-refractivity contribution in [1.82, 2.24) is 4.72 Å². The quantitative estimate of drug-likeness (QED) is 0.747. The fourth-order valence-corrected chi connectivity index (χ4v) is 3.37. The summed E-state index contributed by atoms with van der Waals surface area (Å²) in [6, 6.07) is 1.10. The highest BCUT2D eigenvalue weighted by molar-refractivity contribution is 7.91. The maximum Gasteiger partial charge on any atom is 0.241 e. The summed E-state index contributed by atoms with van der Waals surface area (Å²) in [6.07, 6.45) is 0.751. The highest BCUT2D eigenvalue weighted by Crippen LogP contribution is 2.19. The molecule has 0 heterocycles. The summed E-state index contributed by atoms with van der Waals surface area (Å²) in [5.41, 5.74) is 4.92. The Morgan fingerprint density at radius 3 is 2.30 bits per heavy atom. The van der Waals surface area contributed by atoms with Gasteiger partial charge in [0.05, 0.1) is 10.9 Å². The van der Waals surface area contributed by atoms with E-state index in [0.29, 0.717) is 6.07 Å². The zero-order chi connectivity index (χ0) is 15.7. The Labute approximate surface area is 115 Å². The topological polar surface area (TPSA) is 123 Å². The van der Waals surface area contributed by atoms with E-state index in [-0.39, 0.29) is 0 Å². The Bertz CT molecular complexity index is 743. The van der Waals surface area contributed by atoms with Crippen molar-refractivity contribution in [2.75, 3.05) is 6.26 Å². The molecule has 20 heavy (non-hydrogen) atoms. The molecule has 7 nitrogen and oxygen atoms in total. The maximum atomic E-state index is 13.4. The van der Waals surface area contributed by atoms with Crippen LogP contribution >= 0.6 is 0 Å². The van der Waals surface area contributed by atoms with E-state index in [1.165, 1.54) is 6.92 Å². The van der Waals surface area contributed by atoms with Gasteiger partial charge in [-0.2, -0.15) is 4.72 Å². The lowest BCUT2D eigenvalue weighted by molar-refractivity contribution is -0.119. The number of halogens is 1. The fourth-order valence-electron chi connectivity index (χ4n) is 1.29. The number of hydrogen-bond acceptors (Lipinski definition) is 5. The lowest BCUT2D eigenvalue weighted by Crippen LogP contribution is -2.42. The van der Waals surface area contributed by atoms with E-state index in [2.05, 4.69) is 0 Å². The number of nitrogens with two attached hydrogens (primary N) is 1. The highest BCUT2D eigenvalue weighted by atomic mass is 32.2. The van der Waals surface area contributed by atoms with Gasteiger partial charge in [-0.25, -0.2) is 21.2 Å². The number of rotatable bonds is 5. The molecule has 0 aliphatic heterocycles. The molecule has 1 aromatic rings. The second-order valence-corrected chi connectivity index (χ2v) is 7.81. The first-order valence-electron chi connectivity index (χ1n) is 5.26. The van der Waals surface area contributed by atoms with E-state index in [9.17, 15) is 26.0 Å². The van der Waals surface area contributed by atoms with Crippen molar-refractivity contribution in [3.05, 3.63) is 24.0 Å². The monoisotopic (exact) mass is 324 g/mol. The van der Waals surface area contributed by atoms with Crippen LogP contribution in [0.15, 0.2) is 28.0 Å². The van der Waals surface area contributed by atoms with Crippen LogP contribution in [0.2, 0.25) is 0 Å². The number of sulfone groups is 1. The molecule has 1 atom stereocenters. The standard InChI is InChI=1S/C10H13FN2O5S2/c1-6(10(12)14)13-20(17,18)7-3-4-8(11)9(5-7)19(2,15)16/h3-6,13H,1-2H3,(H2,12,14)/t6-/m0/s1. The minimum atomic E-state index is -4.19. The van der Waals surface area contributed by atoms with Gasteiger partial charge in [-0.05, 0) is 25.1 Å². The van der Waals surface area contributed by atoms with Crippen LogP contribution in [0.25, 0.3) is 0 Å². The molecule has 0 saturated carbocycles. The van der Waals surface area contributed by atoms with Crippen molar-refractivity contribution in [3.8, 4) is 0 Å². The summed E-state index contributed by atoms with van der Waals surface area (Å²) in [5, 5.41) is 0. The summed E-state index contributed by atoms with van der Waals surface area (Å²) >= 11 is 0. The molecular weight excluding hydrogens is 311 g/mol. The van der Waals surface area contributed by atoms with E-state index < -0.39 is 47.4 Å². The predicted molar refractivity (Wildman–Crippen MR) is 68.5 cm³/mol. The molecule has 0 aliphatic carbocycles. The van der Waals surface area contributed by atoms with Crippen LogP contribution in [0, 0.1) is 5.82 Å². The van der Waals surface area contributed by atoms with Gasteiger partial charge in [-0.15, -0.1) is 0 Å². The van der Waals surface area contributed by atoms with Crippen LogP contribution in [-0.2, 0) is 24.7 Å². The van der Waals surface area contributed by atoms with Crippen molar-refractivity contribution >= 4 is 25.8 Å². The van der Waals surface area contributed by atoms with Crippen LogP contribution in [-0.4, -0.2) is 35.0 Å². The Balaban J connectivity index is 3.31. The van der Waals surface area contributed by atoms with Crippen LogP contribution in [0.3, 0.4) is 0 Å². The third-order valence-corrected chi connectivity index (χ3v) is 5.02. The highest BCUT2D eigenvalue weighted by Gasteiger charge is 2.23. The summed E-state index contributed by atoms with van der Waals surface area (Å²) in [7, 11) is -8.11. The van der Waals surface area contributed by atoms with Crippen LogP contribution < -0.4 is 10.5 Å². The van der Waals surface area contributed by atoms with E-state index >= 15 is 0 Å². The minimum Gasteiger partial charge on any atom is -0.368 e. The summed E-state index contributed by atoms with van der Waals surface area (Å²) < 4.78 is 61.8. The number of sulfonamides is 1. The molecule has 1 amide bonds. The normalized spacial score (nSPS) is 13.9. The average Bonchev–Trinajstić information content (AvgIpc) is 2.26. The van der Waals surface area contributed by atoms with E-state index in [4.69, 9.17) is 5.73 Å². The molecule has 1 rings (SSSR count). The van der Waals surface area contributed by atoms with Crippen LogP contribution in [0.4, 0.5) is 4.39 Å². The largest absolute Gasteiger partial charge is 0.368 e. The smallest absolute Gasteiger partial charge is 0.241 e. The third kappa shape index (κ3) is 3.74. The molecule has 1 aromatic carbocycles. The van der Waals surface area contributed by atoms with Gasteiger partial charge in [-0.3, -0.25) is 4.79 Å². The third-order valence-electron chi connectivity index (χ3n) is 2.37. The van der Waals surface area contributed by atoms with Crippen LogP contribution in [0.5, 0.6) is 0 Å². The first-order chi connectivity index (χ1) is 8.95. The SMILES string of the molecule is C[C@H](NS(=O)(=O)c1ccc(F)c(S(C)(=O)=O)c1)C(N)=O. The van der Waals surface area contributed by atoms with E-state index in [0.717, 1.165) is 18.4 Å². The molecule has 0 bridgehead atoms. The van der Waals surface area contributed by atoms with Crippen molar-refractivity contribution < 1.29 is 26.0 Å². The van der Waals surface area contributed by atoms with Gasteiger partial charge in [0.2, 0.25) is 15.9 Å². The zero-order valence-corrected chi connectivity index (χ0v) is 12.3. The molecule has 112 valence electrons. The molecule has 0 fully saturated rings. The Kier molecular flexibility index (Phi) is 4.52. The lowest BCUT2D eigenvalue weighted by atomic mass is 10.3. The Morgan fingerprint density at radius 1 is 1.30 bits per heavy atom. The van der Waals surface area contributed by atoms with Gasteiger partial charge in [0.1, 0.15) is 10.7 Å². The molecule has 0 aromatic heterocycles. The number of primary amides is 1. The van der Waals surface area contributed by atoms with Gasteiger partial charge in [0.15, 0.2) is 9.84 Å². The summed E-state index contributed by atoms with van der Waals surface area (Å²) in [6.45, 7) is 1.22. The molecule has 0 radical (unpaired) electrons. The maximum absolute atomic E-state index is 13.4. The van der Waals surface area contributed by atoms with Gasteiger partial charge in [0, 0.05) is 6.26 Å².